The van der Waals surface area contributed by atoms with Gasteiger partial charge in [-0.25, -0.2) is 9.78 Å². The van der Waals surface area contributed by atoms with E-state index in [1.807, 2.05) is 39.6 Å². The van der Waals surface area contributed by atoms with Gasteiger partial charge in [-0.2, -0.15) is 0 Å². The smallest absolute Gasteiger partial charge is 0.342 e. The fourth-order valence-electron chi connectivity index (χ4n) is 2.18. The second-order valence-electron chi connectivity index (χ2n) is 5.49. The zero-order valence-electron chi connectivity index (χ0n) is 13.6. The molecule has 0 saturated carbocycles. The topological polar surface area (TPSA) is 68.5 Å². The normalized spacial score (nSPS) is 10.8. The van der Waals surface area contributed by atoms with Crippen molar-refractivity contribution in [2.45, 2.75) is 40.3 Å². The van der Waals surface area contributed by atoms with E-state index in [1.54, 1.807) is 18.3 Å². The van der Waals surface area contributed by atoms with Crippen LogP contribution in [0.5, 0.6) is 0 Å². The van der Waals surface area contributed by atoms with Crippen LogP contribution in [0, 0.1) is 13.8 Å². The first kappa shape index (κ1) is 16.0. The number of pyridine rings is 1. The van der Waals surface area contributed by atoms with Gasteiger partial charge in [-0.1, -0.05) is 5.16 Å². The first-order valence-corrected chi connectivity index (χ1v) is 7.19. The SMILES string of the molecule is Cc1noc(C)c1CN(C)c1ncccc1C(=O)OC(C)C. The molecule has 0 N–H and O–H groups in total. The van der Waals surface area contributed by atoms with Crippen molar-refractivity contribution in [2.75, 3.05) is 11.9 Å². The van der Waals surface area contributed by atoms with Gasteiger partial charge in [0.25, 0.3) is 0 Å². The summed E-state index contributed by atoms with van der Waals surface area (Å²) in [5.74, 6) is 0.975. The maximum absolute atomic E-state index is 12.2. The van der Waals surface area contributed by atoms with Gasteiger partial charge in [0.1, 0.15) is 17.1 Å². The summed E-state index contributed by atoms with van der Waals surface area (Å²) >= 11 is 0. The van der Waals surface area contributed by atoms with Crippen LogP contribution in [0.3, 0.4) is 0 Å². The molecule has 0 saturated heterocycles. The van der Waals surface area contributed by atoms with Crippen LogP contribution in [0.15, 0.2) is 22.9 Å². The number of anilines is 1. The second kappa shape index (κ2) is 6.60. The van der Waals surface area contributed by atoms with Crippen LogP contribution in [0.4, 0.5) is 5.82 Å². The van der Waals surface area contributed by atoms with Crippen LogP contribution in [-0.4, -0.2) is 29.3 Å². The minimum Gasteiger partial charge on any atom is -0.459 e. The molecule has 0 aliphatic carbocycles. The Kier molecular flexibility index (Phi) is 4.80. The van der Waals surface area contributed by atoms with E-state index in [9.17, 15) is 4.79 Å². The molecular formula is C16H21N3O3. The summed E-state index contributed by atoms with van der Waals surface area (Å²) in [6.07, 6.45) is 1.49. The molecule has 118 valence electrons. The molecule has 6 heteroatoms. The Labute approximate surface area is 130 Å². The molecule has 2 rings (SSSR count). The van der Waals surface area contributed by atoms with Crippen molar-refractivity contribution in [2.24, 2.45) is 0 Å². The summed E-state index contributed by atoms with van der Waals surface area (Å²) in [5, 5.41) is 3.95. The number of aryl methyl sites for hydroxylation is 2. The highest BCUT2D eigenvalue weighted by Crippen LogP contribution is 2.22. The summed E-state index contributed by atoms with van der Waals surface area (Å²) in [6.45, 7) is 7.96. The van der Waals surface area contributed by atoms with Crippen molar-refractivity contribution in [1.82, 2.24) is 10.1 Å². The summed E-state index contributed by atoms with van der Waals surface area (Å²) in [4.78, 5) is 18.4. The van der Waals surface area contributed by atoms with Crippen LogP contribution >= 0.6 is 0 Å². The van der Waals surface area contributed by atoms with E-state index in [0.717, 1.165) is 17.0 Å². The fourth-order valence-corrected chi connectivity index (χ4v) is 2.18. The van der Waals surface area contributed by atoms with Gasteiger partial charge in [-0.15, -0.1) is 0 Å². The third kappa shape index (κ3) is 3.44. The minimum atomic E-state index is -0.372. The summed E-state index contributed by atoms with van der Waals surface area (Å²) in [7, 11) is 1.88. The quantitative estimate of drug-likeness (QED) is 0.791. The Morgan fingerprint density at radius 3 is 2.73 bits per heavy atom. The molecule has 2 heterocycles. The van der Waals surface area contributed by atoms with Crippen LogP contribution in [0.2, 0.25) is 0 Å². The molecule has 22 heavy (non-hydrogen) atoms. The van der Waals surface area contributed by atoms with E-state index in [4.69, 9.17) is 9.26 Å². The molecule has 0 spiro atoms. The third-order valence-electron chi connectivity index (χ3n) is 3.29. The maximum atomic E-state index is 12.2. The van der Waals surface area contributed by atoms with Gasteiger partial charge >= 0.3 is 5.97 Å². The number of rotatable bonds is 5. The predicted octanol–water partition coefficient (Wildman–Crippen LogP) is 2.89. The summed E-state index contributed by atoms with van der Waals surface area (Å²) < 4.78 is 10.4. The Balaban J connectivity index is 2.26. The lowest BCUT2D eigenvalue weighted by Gasteiger charge is -2.20. The first-order valence-electron chi connectivity index (χ1n) is 7.19. The molecule has 0 radical (unpaired) electrons. The Hall–Kier alpha value is -2.37. The van der Waals surface area contributed by atoms with Crippen molar-refractivity contribution < 1.29 is 14.1 Å². The van der Waals surface area contributed by atoms with Crippen molar-refractivity contribution in [3.8, 4) is 0 Å². The molecule has 0 aliphatic heterocycles. The minimum absolute atomic E-state index is 0.173. The van der Waals surface area contributed by atoms with Crippen LogP contribution in [0.25, 0.3) is 0 Å². The number of esters is 1. The van der Waals surface area contributed by atoms with Crippen molar-refractivity contribution >= 4 is 11.8 Å². The molecule has 2 aromatic heterocycles. The largest absolute Gasteiger partial charge is 0.459 e. The van der Waals surface area contributed by atoms with Gasteiger partial charge in [0.2, 0.25) is 0 Å². The number of aromatic nitrogens is 2. The van der Waals surface area contributed by atoms with Gasteiger partial charge in [-0.05, 0) is 39.8 Å². The van der Waals surface area contributed by atoms with E-state index < -0.39 is 0 Å². The molecule has 0 amide bonds. The molecule has 0 aliphatic rings. The molecule has 0 bridgehead atoms. The number of carbonyl (C=O) groups is 1. The zero-order valence-corrected chi connectivity index (χ0v) is 13.6. The average Bonchev–Trinajstić information content (AvgIpc) is 2.78. The van der Waals surface area contributed by atoms with Gasteiger partial charge in [-0.3, -0.25) is 0 Å². The number of hydrogen-bond acceptors (Lipinski definition) is 6. The Bertz CT molecular complexity index is 645. The lowest BCUT2D eigenvalue weighted by molar-refractivity contribution is 0.0378. The number of carbonyl (C=O) groups excluding carboxylic acids is 1. The van der Waals surface area contributed by atoms with Gasteiger partial charge < -0.3 is 14.2 Å². The molecule has 6 nitrogen and oxygen atoms in total. The fraction of sp³-hybridized carbons (Fsp3) is 0.438. The van der Waals surface area contributed by atoms with Crippen LogP contribution < -0.4 is 4.90 Å². The Morgan fingerprint density at radius 2 is 2.14 bits per heavy atom. The van der Waals surface area contributed by atoms with E-state index in [-0.39, 0.29) is 12.1 Å². The van der Waals surface area contributed by atoms with Crippen LogP contribution in [0.1, 0.15) is 41.2 Å². The van der Waals surface area contributed by atoms with E-state index in [1.165, 1.54) is 0 Å². The molecule has 0 unspecified atom stereocenters. The second-order valence-corrected chi connectivity index (χ2v) is 5.49. The van der Waals surface area contributed by atoms with Crippen molar-refractivity contribution in [3.63, 3.8) is 0 Å². The molecule has 2 aromatic rings. The lowest BCUT2D eigenvalue weighted by atomic mass is 10.2. The lowest BCUT2D eigenvalue weighted by Crippen LogP contribution is -2.23. The standard InChI is InChI=1S/C16H21N3O3/c1-10(2)21-16(20)13-7-6-8-17-15(13)19(5)9-14-11(3)18-22-12(14)4/h6-8,10H,9H2,1-5H3. The molecule has 0 aromatic carbocycles. The van der Waals surface area contributed by atoms with Crippen molar-refractivity contribution in [3.05, 3.63) is 40.9 Å². The maximum Gasteiger partial charge on any atom is 0.342 e. The zero-order chi connectivity index (χ0) is 16.3. The summed E-state index contributed by atoms with van der Waals surface area (Å²) in [6, 6.07) is 3.45. The number of ether oxygens (including phenoxy) is 1. The van der Waals surface area contributed by atoms with E-state index >= 15 is 0 Å². The average molecular weight is 303 g/mol. The van der Waals surface area contributed by atoms with E-state index in [0.29, 0.717) is 17.9 Å². The van der Waals surface area contributed by atoms with Gasteiger partial charge in [0.05, 0.1) is 11.8 Å². The third-order valence-corrected chi connectivity index (χ3v) is 3.29. The highest BCUT2D eigenvalue weighted by Gasteiger charge is 2.20. The molecule has 0 fully saturated rings. The number of hydrogen-bond donors (Lipinski definition) is 0. The molecular weight excluding hydrogens is 282 g/mol. The van der Waals surface area contributed by atoms with Gasteiger partial charge in [0, 0.05) is 25.4 Å². The van der Waals surface area contributed by atoms with Crippen LogP contribution in [-0.2, 0) is 11.3 Å². The Morgan fingerprint density at radius 1 is 1.41 bits per heavy atom. The molecule has 0 atom stereocenters. The highest BCUT2D eigenvalue weighted by atomic mass is 16.5. The monoisotopic (exact) mass is 303 g/mol. The number of nitrogens with zero attached hydrogens (tertiary/aromatic N) is 3. The first-order chi connectivity index (χ1) is 10.4. The van der Waals surface area contributed by atoms with E-state index in [2.05, 4.69) is 10.1 Å². The van der Waals surface area contributed by atoms with Gasteiger partial charge in [0.15, 0.2) is 0 Å². The highest BCUT2D eigenvalue weighted by molar-refractivity contribution is 5.94. The summed E-state index contributed by atoms with van der Waals surface area (Å²) in [5.41, 5.74) is 2.29. The predicted molar refractivity (Wildman–Crippen MR) is 82.9 cm³/mol. The van der Waals surface area contributed by atoms with Crippen molar-refractivity contribution in [1.29, 1.82) is 0 Å².